The number of ether oxygens (including phenoxy) is 1. The number of hydrogen-bond donors (Lipinski definition) is 3. The quantitative estimate of drug-likeness (QED) is 0.374. The summed E-state index contributed by atoms with van der Waals surface area (Å²) < 4.78 is 20.0. The number of halogens is 1. The lowest BCUT2D eigenvalue weighted by molar-refractivity contribution is 0.101. The van der Waals surface area contributed by atoms with Crippen molar-refractivity contribution in [1.82, 2.24) is 9.97 Å². The second-order valence-electron chi connectivity index (χ2n) is 9.96. The molecule has 5 rings (SSSR count). The van der Waals surface area contributed by atoms with Crippen LogP contribution in [0.1, 0.15) is 58.5 Å². The lowest BCUT2D eigenvalue weighted by atomic mass is 10.1. The van der Waals surface area contributed by atoms with Crippen LogP contribution in [0.15, 0.2) is 48.8 Å². The number of amides is 2. The molecule has 0 radical (unpaired) electrons. The normalized spacial score (nSPS) is 17.1. The molecule has 3 N–H and O–H groups in total. The topological polar surface area (TPSA) is 108 Å². The Hall–Kier alpha value is -4.05. The summed E-state index contributed by atoms with van der Waals surface area (Å²) in [5.41, 5.74) is 2.59. The minimum absolute atomic E-state index is 0.201. The minimum Gasteiger partial charge on any atom is -0.376 e. The molecule has 0 bridgehead atoms. The average Bonchev–Trinajstić information content (AvgIpc) is 3.47. The molecule has 0 saturated carbocycles. The number of aromatic nitrogens is 2. The Morgan fingerprint density at radius 1 is 0.974 bits per heavy atom. The Morgan fingerprint density at radius 3 is 2.51 bits per heavy atom. The highest BCUT2D eigenvalue weighted by atomic mass is 19.1. The molecule has 2 aliphatic rings. The Bertz CT molecular complexity index is 1320. The van der Waals surface area contributed by atoms with E-state index in [1.807, 2.05) is 0 Å². The molecule has 0 aliphatic carbocycles. The van der Waals surface area contributed by atoms with Gasteiger partial charge in [-0.15, -0.1) is 0 Å². The maximum Gasteiger partial charge on any atom is 0.257 e. The summed E-state index contributed by atoms with van der Waals surface area (Å²) in [7, 11) is 0. The molecule has 2 saturated heterocycles. The maximum atomic E-state index is 14.4. The molecule has 3 aromatic rings. The number of piperidine rings is 1. The van der Waals surface area contributed by atoms with Crippen LogP contribution in [-0.2, 0) is 4.74 Å². The number of anilines is 4. The van der Waals surface area contributed by atoms with Crippen molar-refractivity contribution in [3.8, 4) is 0 Å². The van der Waals surface area contributed by atoms with E-state index >= 15 is 0 Å². The van der Waals surface area contributed by atoms with Crippen LogP contribution in [-0.4, -0.2) is 54.1 Å². The molecular formula is C29H33FN6O3. The predicted octanol–water partition coefficient (Wildman–Crippen LogP) is 5.01. The van der Waals surface area contributed by atoms with Gasteiger partial charge in [0.1, 0.15) is 11.6 Å². The van der Waals surface area contributed by atoms with Crippen LogP contribution in [0.2, 0.25) is 0 Å². The van der Waals surface area contributed by atoms with Gasteiger partial charge in [0.25, 0.3) is 11.8 Å². The van der Waals surface area contributed by atoms with Gasteiger partial charge in [0.15, 0.2) is 0 Å². The number of benzene rings is 1. The molecule has 10 heteroatoms. The maximum absolute atomic E-state index is 14.4. The molecule has 2 amide bonds. The van der Waals surface area contributed by atoms with Crippen molar-refractivity contribution in [3.63, 3.8) is 0 Å². The average molecular weight is 533 g/mol. The molecular weight excluding hydrogens is 499 g/mol. The molecule has 4 heterocycles. The molecule has 0 spiro atoms. The smallest absolute Gasteiger partial charge is 0.257 e. The molecule has 9 nitrogen and oxygen atoms in total. The van der Waals surface area contributed by atoms with Crippen LogP contribution in [0.3, 0.4) is 0 Å². The molecule has 204 valence electrons. The van der Waals surface area contributed by atoms with Gasteiger partial charge in [-0.25, -0.2) is 9.37 Å². The summed E-state index contributed by atoms with van der Waals surface area (Å²) in [6.07, 6.45) is 8.62. The highest BCUT2D eigenvalue weighted by Gasteiger charge is 2.18. The number of pyridine rings is 2. The van der Waals surface area contributed by atoms with Gasteiger partial charge in [0, 0.05) is 37.5 Å². The highest BCUT2D eigenvalue weighted by molar-refractivity contribution is 6.08. The van der Waals surface area contributed by atoms with Crippen LogP contribution in [0, 0.1) is 12.7 Å². The van der Waals surface area contributed by atoms with Gasteiger partial charge < -0.3 is 25.6 Å². The van der Waals surface area contributed by atoms with Crippen LogP contribution >= 0.6 is 0 Å². The zero-order chi connectivity index (χ0) is 27.2. The second-order valence-corrected chi connectivity index (χ2v) is 9.96. The Labute approximate surface area is 227 Å². The van der Waals surface area contributed by atoms with Gasteiger partial charge in [-0.1, -0.05) is 0 Å². The van der Waals surface area contributed by atoms with E-state index in [0.29, 0.717) is 40.7 Å². The number of nitrogens with one attached hydrogen (secondary N) is 3. The zero-order valence-electron chi connectivity index (χ0n) is 22.0. The standard InChI is InChI=1S/C29H33FN6O3/c1-19-26(29(38)34-22-7-8-27(32-16-22)33-18-25-6-5-11-39-25)15-23(17-31-19)35-28(37)20-12-21(30)14-24(13-20)36-9-3-2-4-10-36/h7-8,12-17,25H,2-6,9-11,18H2,1H3,(H,32,33)(H,34,38)(H,35,37). The fourth-order valence-corrected chi connectivity index (χ4v) is 4.87. The van der Waals surface area contributed by atoms with Gasteiger partial charge in [-0.3, -0.25) is 14.6 Å². The number of rotatable bonds is 8. The molecule has 1 atom stereocenters. The number of hydrogen-bond acceptors (Lipinski definition) is 7. The Balaban J connectivity index is 1.22. The number of carbonyl (C=O) groups is 2. The summed E-state index contributed by atoms with van der Waals surface area (Å²) in [5, 5.41) is 8.82. The van der Waals surface area contributed by atoms with Crippen molar-refractivity contribution >= 4 is 34.7 Å². The van der Waals surface area contributed by atoms with Crippen molar-refractivity contribution in [3.05, 3.63) is 71.4 Å². The molecule has 1 aromatic carbocycles. The van der Waals surface area contributed by atoms with Gasteiger partial charge in [-0.2, -0.15) is 0 Å². The van der Waals surface area contributed by atoms with Gasteiger partial charge in [0.2, 0.25) is 0 Å². The van der Waals surface area contributed by atoms with E-state index < -0.39 is 11.7 Å². The van der Waals surface area contributed by atoms with E-state index in [0.717, 1.165) is 51.8 Å². The van der Waals surface area contributed by atoms with Crippen LogP contribution in [0.5, 0.6) is 0 Å². The van der Waals surface area contributed by atoms with Crippen molar-refractivity contribution in [2.45, 2.75) is 45.1 Å². The van der Waals surface area contributed by atoms with E-state index in [4.69, 9.17) is 4.74 Å². The summed E-state index contributed by atoms with van der Waals surface area (Å²) in [5.74, 6) is -0.616. The largest absolute Gasteiger partial charge is 0.376 e. The van der Waals surface area contributed by atoms with Crippen LogP contribution < -0.4 is 20.9 Å². The molecule has 2 aliphatic heterocycles. The van der Waals surface area contributed by atoms with E-state index in [-0.39, 0.29) is 17.6 Å². The first-order valence-electron chi connectivity index (χ1n) is 13.4. The van der Waals surface area contributed by atoms with Crippen LogP contribution in [0.4, 0.5) is 27.3 Å². The van der Waals surface area contributed by atoms with Crippen molar-refractivity contribution in [1.29, 1.82) is 0 Å². The molecule has 2 aromatic heterocycles. The van der Waals surface area contributed by atoms with Crippen LogP contribution in [0.25, 0.3) is 0 Å². The SMILES string of the molecule is Cc1ncc(NC(=O)c2cc(F)cc(N3CCCCC3)c2)cc1C(=O)Nc1ccc(NCC2CCCO2)nc1. The molecule has 39 heavy (non-hydrogen) atoms. The number of nitrogens with zero attached hydrogens (tertiary/aromatic N) is 3. The van der Waals surface area contributed by atoms with E-state index in [1.165, 1.54) is 18.3 Å². The zero-order valence-corrected chi connectivity index (χ0v) is 22.0. The summed E-state index contributed by atoms with van der Waals surface area (Å²) >= 11 is 0. The van der Waals surface area contributed by atoms with E-state index in [2.05, 4.69) is 30.8 Å². The van der Waals surface area contributed by atoms with Gasteiger partial charge in [0.05, 0.1) is 41.1 Å². The number of aryl methyl sites for hydroxylation is 1. The lowest BCUT2D eigenvalue weighted by Gasteiger charge is -2.29. The third-order valence-corrected chi connectivity index (χ3v) is 7.01. The highest BCUT2D eigenvalue weighted by Crippen LogP contribution is 2.24. The van der Waals surface area contributed by atoms with Gasteiger partial charge >= 0.3 is 0 Å². The predicted molar refractivity (Wildman–Crippen MR) is 149 cm³/mol. The Morgan fingerprint density at radius 2 is 1.77 bits per heavy atom. The Kier molecular flexibility index (Phi) is 8.31. The fourth-order valence-electron chi connectivity index (χ4n) is 4.87. The summed E-state index contributed by atoms with van der Waals surface area (Å²) in [4.78, 5) is 36.7. The van der Waals surface area contributed by atoms with Gasteiger partial charge in [-0.05, 0) is 75.4 Å². The first kappa shape index (κ1) is 26.6. The summed E-state index contributed by atoms with van der Waals surface area (Å²) in [6.45, 7) is 4.89. The fraction of sp³-hybridized carbons (Fsp3) is 0.379. The van der Waals surface area contributed by atoms with Crippen molar-refractivity contribution in [2.24, 2.45) is 0 Å². The van der Waals surface area contributed by atoms with Crippen molar-refractivity contribution in [2.75, 3.05) is 47.1 Å². The second kappa shape index (κ2) is 12.2. The molecule has 1 unspecified atom stereocenters. The first-order valence-corrected chi connectivity index (χ1v) is 13.4. The molecule has 2 fully saturated rings. The monoisotopic (exact) mass is 532 g/mol. The number of carbonyl (C=O) groups excluding carboxylic acids is 2. The minimum atomic E-state index is -0.472. The van der Waals surface area contributed by atoms with E-state index in [1.54, 1.807) is 37.4 Å². The first-order chi connectivity index (χ1) is 18.9. The lowest BCUT2D eigenvalue weighted by Crippen LogP contribution is -2.29. The third-order valence-electron chi connectivity index (χ3n) is 7.01. The van der Waals surface area contributed by atoms with E-state index in [9.17, 15) is 14.0 Å². The summed E-state index contributed by atoms with van der Waals surface area (Å²) in [6, 6.07) is 9.49. The van der Waals surface area contributed by atoms with Crippen molar-refractivity contribution < 1.29 is 18.7 Å². The third kappa shape index (κ3) is 6.88.